The summed E-state index contributed by atoms with van der Waals surface area (Å²) < 4.78 is 10.0. The number of ether oxygens (including phenoxy) is 2. The Morgan fingerprint density at radius 3 is 2.69 bits per heavy atom. The summed E-state index contributed by atoms with van der Waals surface area (Å²) in [6.07, 6.45) is -0.291. The molecule has 0 aromatic heterocycles. The van der Waals surface area contributed by atoms with E-state index in [0.717, 1.165) is 0 Å². The summed E-state index contributed by atoms with van der Waals surface area (Å²) in [4.78, 5) is 22.7. The Balaban J connectivity index is 2.43. The predicted molar refractivity (Wildman–Crippen MR) is 61.4 cm³/mol. The predicted octanol–water partition coefficient (Wildman–Crippen LogP) is 1.59. The van der Waals surface area contributed by atoms with Crippen LogP contribution in [-0.4, -0.2) is 35.1 Å². The maximum atomic E-state index is 11.4. The van der Waals surface area contributed by atoms with Crippen molar-refractivity contribution in [1.82, 2.24) is 5.32 Å². The molecule has 1 rings (SSSR count). The molecule has 1 fully saturated rings. The van der Waals surface area contributed by atoms with E-state index < -0.39 is 23.7 Å². The van der Waals surface area contributed by atoms with Gasteiger partial charge in [-0.05, 0) is 20.8 Å². The quantitative estimate of drug-likeness (QED) is 0.620. The molecule has 5 nitrogen and oxygen atoms in total. The van der Waals surface area contributed by atoms with Crippen LogP contribution >= 0.6 is 15.9 Å². The molecule has 1 heterocycles. The Morgan fingerprint density at radius 1 is 1.62 bits per heavy atom. The van der Waals surface area contributed by atoms with E-state index in [9.17, 15) is 9.59 Å². The molecule has 1 aliphatic rings. The fourth-order valence-electron chi connectivity index (χ4n) is 1.32. The lowest BCUT2D eigenvalue weighted by molar-refractivity contribution is -0.142. The lowest BCUT2D eigenvalue weighted by Gasteiger charge is -2.20. The van der Waals surface area contributed by atoms with Crippen molar-refractivity contribution in [2.75, 3.05) is 5.33 Å². The van der Waals surface area contributed by atoms with Crippen molar-refractivity contribution in [2.24, 2.45) is 0 Å². The number of hydrogen-bond acceptors (Lipinski definition) is 4. The monoisotopic (exact) mass is 293 g/mol. The molecule has 16 heavy (non-hydrogen) atoms. The van der Waals surface area contributed by atoms with Gasteiger partial charge in [0.15, 0.2) is 0 Å². The number of carbonyl (C=O) groups excluding carboxylic acids is 2. The van der Waals surface area contributed by atoms with Crippen LogP contribution in [0, 0.1) is 0 Å². The van der Waals surface area contributed by atoms with E-state index in [1.807, 2.05) is 0 Å². The molecule has 1 saturated heterocycles. The summed E-state index contributed by atoms with van der Waals surface area (Å²) in [6, 6.07) is -0.600. The van der Waals surface area contributed by atoms with Gasteiger partial charge < -0.3 is 14.8 Å². The highest BCUT2D eigenvalue weighted by atomic mass is 79.9. The van der Waals surface area contributed by atoms with Gasteiger partial charge in [-0.3, -0.25) is 0 Å². The highest BCUT2D eigenvalue weighted by Crippen LogP contribution is 2.17. The SMILES string of the molecule is CC(C)(C)OC(=O)N[C@H]1C[C@@H](CBr)OC1=O. The third kappa shape index (κ3) is 4.00. The van der Waals surface area contributed by atoms with Gasteiger partial charge in [0.1, 0.15) is 17.7 Å². The van der Waals surface area contributed by atoms with Gasteiger partial charge in [0.05, 0.1) is 0 Å². The molecule has 1 amide bonds. The van der Waals surface area contributed by atoms with E-state index in [-0.39, 0.29) is 6.10 Å². The number of amides is 1. The minimum absolute atomic E-state index is 0.174. The zero-order valence-electron chi connectivity index (χ0n) is 9.58. The summed E-state index contributed by atoms with van der Waals surface area (Å²) in [6.45, 7) is 5.29. The Bertz CT molecular complexity index is 287. The summed E-state index contributed by atoms with van der Waals surface area (Å²) in [5, 5.41) is 3.07. The van der Waals surface area contributed by atoms with Gasteiger partial charge in [-0.15, -0.1) is 0 Å². The Labute approximate surface area is 103 Å². The standard InChI is InChI=1S/C10H16BrNO4/c1-10(2,3)16-9(14)12-7-4-6(5-11)15-8(7)13/h6-7H,4-5H2,1-3H3,(H,12,14)/t6-,7-/m0/s1. The molecular weight excluding hydrogens is 278 g/mol. The molecule has 0 spiro atoms. The average molecular weight is 294 g/mol. The molecule has 0 saturated carbocycles. The first kappa shape index (κ1) is 13.3. The Kier molecular flexibility index (Phi) is 4.18. The minimum atomic E-state index is -0.600. The van der Waals surface area contributed by atoms with E-state index in [0.29, 0.717) is 11.8 Å². The summed E-state index contributed by atoms with van der Waals surface area (Å²) in [5.41, 5.74) is -0.568. The van der Waals surface area contributed by atoms with Crippen molar-refractivity contribution in [3.05, 3.63) is 0 Å². The minimum Gasteiger partial charge on any atom is -0.460 e. The van der Waals surface area contributed by atoms with Crippen LogP contribution in [0.5, 0.6) is 0 Å². The summed E-state index contributed by atoms with van der Waals surface area (Å²) >= 11 is 3.23. The van der Waals surface area contributed by atoms with Crippen LogP contribution in [0.25, 0.3) is 0 Å². The molecule has 1 N–H and O–H groups in total. The van der Waals surface area contributed by atoms with Crippen molar-refractivity contribution in [1.29, 1.82) is 0 Å². The van der Waals surface area contributed by atoms with E-state index in [1.54, 1.807) is 20.8 Å². The maximum Gasteiger partial charge on any atom is 0.408 e. The van der Waals surface area contributed by atoms with Gasteiger partial charge >= 0.3 is 12.1 Å². The number of alkyl halides is 1. The van der Waals surface area contributed by atoms with E-state index >= 15 is 0 Å². The smallest absolute Gasteiger partial charge is 0.408 e. The van der Waals surface area contributed by atoms with Gasteiger partial charge in [0.25, 0.3) is 0 Å². The molecule has 92 valence electrons. The van der Waals surface area contributed by atoms with Gasteiger partial charge in [0, 0.05) is 11.8 Å². The number of alkyl carbamates (subject to hydrolysis) is 1. The maximum absolute atomic E-state index is 11.4. The molecular formula is C10H16BrNO4. The van der Waals surface area contributed by atoms with Crippen molar-refractivity contribution < 1.29 is 19.1 Å². The molecule has 0 radical (unpaired) electrons. The average Bonchev–Trinajstić information content (AvgIpc) is 2.44. The first-order valence-corrected chi connectivity index (χ1v) is 6.20. The number of hydrogen-bond donors (Lipinski definition) is 1. The molecule has 6 heteroatoms. The van der Waals surface area contributed by atoms with Gasteiger partial charge in [-0.1, -0.05) is 15.9 Å². The van der Waals surface area contributed by atoms with Crippen molar-refractivity contribution in [3.63, 3.8) is 0 Å². The molecule has 0 bridgehead atoms. The van der Waals surface area contributed by atoms with E-state index in [2.05, 4.69) is 21.2 Å². The topological polar surface area (TPSA) is 64.6 Å². The lowest BCUT2D eigenvalue weighted by atomic mass is 10.2. The van der Waals surface area contributed by atoms with Crippen LogP contribution in [0.15, 0.2) is 0 Å². The van der Waals surface area contributed by atoms with Crippen molar-refractivity contribution in [3.8, 4) is 0 Å². The number of rotatable bonds is 2. The summed E-state index contributed by atoms with van der Waals surface area (Å²) in [5.74, 6) is -0.407. The molecule has 1 aliphatic heterocycles. The third-order valence-corrected chi connectivity index (χ3v) is 2.65. The fraction of sp³-hybridized carbons (Fsp3) is 0.800. The number of carbonyl (C=O) groups is 2. The highest BCUT2D eigenvalue weighted by Gasteiger charge is 2.35. The number of halogens is 1. The third-order valence-electron chi connectivity index (χ3n) is 1.93. The first-order valence-electron chi connectivity index (χ1n) is 5.08. The normalized spacial score (nSPS) is 25.1. The fourth-order valence-corrected chi connectivity index (χ4v) is 1.71. The van der Waals surface area contributed by atoms with E-state index in [4.69, 9.17) is 9.47 Å². The second kappa shape index (κ2) is 5.03. The van der Waals surface area contributed by atoms with E-state index in [1.165, 1.54) is 0 Å². The van der Waals surface area contributed by atoms with Crippen LogP contribution in [-0.2, 0) is 14.3 Å². The lowest BCUT2D eigenvalue weighted by Crippen LogP contribution is -2.41. The van der Waals surface area contributed by atoms with Gasteiger partial charge in [-0.25, -0.2) is 9.59 Å². The molecule has 0 unspecified atom stereocenters. The summed E-state index contributed by atoms with van der Waals surface area (Å²) in [7, 11) is 0. The Morgan fingerprint density at radius 2 is 2.25 bits per heavy atom. The second-order valence-corrected chi connectivity index (χ2v) is 5.30. The van der Waals surface area contributed by atoms with Crippen LogP contribution in [0.4, 0.5) is 4.79 Å². The zero-order valence-corrected chi connectivity index (χ0v) is 11.2. The second-order valence-electron chi connectivity index (χ2n) is 4.65. The van der Waals surface area contributed by atoms with Crippen molar-refractivity contribution >= 4 is 28.0 Å². The molecule has 0 aromatic rings. The largest absolute Gasteiger partial charge is 0.460 e. The van der Waals surface area contributed by atoms with Crippen LogP contribution in [0.1, 0.15) is 27.2 Å². The molecule has 0 aromatic carbocycles. The highest BCUT2D eigenvalue weighted by molar-refractivity contribution is 9.09. The van der Waals surface area contributed by atoms with Crippen LogP contribution in [0.2, 0.25) is 0 Å². The number of cyclic esters (lactones) is 1. The molecule has 2 atom stereocenters. The number of esters is 1. The van der Waals surface area contributed by atoms with Gasteiger partial charge in [-0.2, -0.15) is 0 Å². The van der Waals surface area contributed by atoms with Crippen LogP contribution < -0.4 is 5.32 Å². The Hall–Kier alpha value is -0.780. The van der Waals surface area contributed by atoms with Gasteiger partial charge in [0.2, 0.25) is 0 Å². The number of nitrogens with one attached hydrogen (secondary N) is 1. The van der Waals surface area contributed by atoms with Crippen LogP contribution in [0.3, 0.4) is 0 Å². The van der Waals surface area contributed by atoms with Crippen molar-refractivity contribution in [2.45, 2.75) is 44.9 Å². The first-order chi connectivity index (χ1) is 7.31. The molecule has 0 aliphatic carbocycles. The zero-order chi connectivity index (χ0) is 12.3.